The van der Waals surface area contributed by atoms with Gasteiger partial charge in [0.15, 0.2) is 0 Å². The van der Waals surface area contributed by atoms with Gasteiger partial charge in [0.1, 0.15) is 0 Å². The van der Waals surface area contributed by atoms with Gasteiger partial charge in [0.25, 0.3) is 0 Å². The van der Waals surface area contributed by atoms with Crippen molar-refractivity contribution in [3.8, 4) is 0 Å². The molecule has 104 valence electrons. The molecule has 1 saturated carbocycles. The number of hydrazine groups is 1. The van der Waals surface area contributed by atoms with Crippen molar-refractivity contribution in [2.75, 3.05) is 7.05 Å². The molecule has 0 atom stereocenters. The number of benzene rings is 1. The van der Waals surface area contributed by atoms with E-state index in [0.717, 1.165) is 18.4 Å². The number of hydrogen-bond acceptors (Lipinski definition) is 2. The molecule has 0 radical (unpaired) electrons. The van der Waals surface area contributed by atoms with E-state index in [-0.39, 0.29) is 16.7 Å². The molecular formula is C16H24N2O. The van der Waals surface area contributed by atoms with Crippen molar-refractivity contribution >= 4 is 5.91 Å². The molecule has 1 fully saturated rings. The smallest absolute Gasteiger partial charge is 0.246 e. The van der Waals surface area contributed by atoms with E-state index in [0.29, 0.717) is 0 Å². The summed E-state index contributed by atoms with van der Waals surface area (Å²) in [5, 5.41) is 1.23. The van der Waals surface area contributed by atoms with Gasteiger partial charge in [-0.2, -0.15) is 0 Å². The fraction of sp³-hybridized carbons (Fsp3) is 0.562. The molecule has 1 amide bonds. The minimum Gasteiger partial charge on any atom is -0.283 e. The van der Waals surface area contributed by atoms with E-state index >= 15 is 0 Å². The number of likely N-dealkylation sites (N-methyl/N-ethyl adjacent to an activating group) is 1. The second-order valence-electron chi connectivity index (χ2n) is 6.78. The third kappa shape index (κ3) is 2.39. The average molecular weight is 260 g/mol. The fourth-order valence-electron chi connectivity index (χ4n) is 2.67. The van der Waals surface area contributed by atoms with Crippen LogP contribution in [0.25, 0.3) is 0 Å². The van der Waals surface area contributed by atoms with Crippen molar-refractivity contribution in [1.29, 1.82) is 0 Å². The highest BCUT2D eigenvalue weighted by Gasteiger charge is 2.53. The number of carbonyl (C=O) groups excluding carboxylic acids is 1. The van der Waals surface area contributed by atoms with Crippen LogP contribution in [-0.4, -0.2) is 18.0 Å². The molecule has 3 heteroatoms. The monoisotopic (exact) mass is 260 g/mol. The van der Waals surface area contributed by atoms with E-state index in [1.165, 1.54) is 16.1 Å². The molecule has 3 nitrogen and oxygen atoms in total. The summed E-state index contributed by atoms with van der Waals surface area (Å²) in [6.45, 7) is 8.65. The Kier molecular flexibility index (Phi) is 3.21. The SMILES string of the molecule is Cc1ccc(C(C)(C)C)cc1C1(C(=O)N(C)N)CC1. The van der Waals surface area contributed by atoms with Gasteiger partial charge < -0.3 is 0 Å². The molecule has 2 N–H and O–H groups in total. The highest BCUT2D eigenvalue weighted by Crippen LogP contribution is 2.50. The van der Waals surface area contributed by atoms with Gasteiger partial charge >= 0.3 is 0 Å². The van der Waals surface area contributed by atoms with E-state index in [9.17, 15) is 4.79 Å². The van der Waals surface area contributed by atoms with Crippen molar-refractivity contribution in [1.82, 2.24) is 5.01 Å². The minimum absolute atomic E-state index is 0.0293. The maximum atomic E-state index is 12.3. The van der Waals surface area contributed by atoms with Crippen LogP contribution in [0.4, 0.5) is 0 Å². The molecule has 0 aliphatic heterocycles. The van der Waals surface area contributed by atoms with E-state index in [4.69, 9.17) is 5.84 Å². The lowest BCUT2D eigenvalue weighted by atomic mass is 9.82. The normalized spacial score (nSPS) is 17.2. The molecule has 1 aromatic carbocycles. The Bertz CT molecular complexity index is 508. The van der Waals surface area contributed by atoms with E-state index in [2.05, 4.69) is 45.9 Å². The van der Waals surface area contributed by atoms with E-state index in [1.54, 1.807) is 7.05 Å². The van der Waals surface area contributed by atoms with Gasteiger partial charge in [0, 0.05) is 7.05 Å². The first-order valence-corrected chi connectivity index (χ1v) is 6.83. The van der Waals surface area contributed by atoms with Gasteiger partial charge in [-0.1, -0.05) is 39.0 Å². The largest absolute Gasteiger partial charge is 0.283 e. The molecule has 1 aliphatic carbocycles. The Labute approximate surface area is 115 Å². The van der Waals surface area contributed by atoms with Crippen LogP contribution in [-0.2, 0) is 15.6 Å². The molecule has 0 saturated heterocycles. The molecule has 1 aliphatic rings. The van der Waals surface area contributed by atoms with E-state index < -0.39 is 0 Å². The summed E-state index contributed by atoms with van der Waals surface area (Å²) in [4.78, 5) is 12.3. The Morgan fingerprint density at radius 1 is 1.32 bits per heavy atom. The van der Waals surface area contributed by atoms with Gasteiger partial charge in [-0.3, -0.25) is 9.80 Å². The van der Waals surface area contributed by atoms with Crippen molar-refractivity contribution in [3.63, 3.8) is 0 Å². The zero-order chi connectivity index (χ0) is 14.4. The van der Waals surface area contributed by atoms with Crippen LogP contribution in [0.2, 0.25) is 0 Å². The van der Waals surface area contributed by atoms with Crippen molar-refractivity contribution in [2.45, 2.75) is 51.4 Å². The number of rotatable bonds is 2. The quantitative estimate of drug-likeness (QED) is 0.505. The van der Waals surface area contributed by atoms with Crippen LogP contribution >= 0.6 is 0 Å². The molecular weight excluding hydrogens is 236 g/mol. The Morgan fingerprint density at radius 3 is 2.32 bits per heavy atom. The number of aryl methyl sites for hydroxylation is 1. The van der Waals surface area contributed by atoms with Gasteiger partial charge in [-0.25, -0.2) is 5.84 Å². The summed E-state index contributed by atoms with van der Waals surface area (Å²) in [5.74, 6) is 5.69. The Morgan fingerprint density at radius 2 is 1.89 bits per heavy atom. The standard InChI is InChI=1S/C16H24N2O/c1-11-6-7-12(15(2,3)4)10-13(11)16(8-9-16)14(19)18(5)17/h6-7,10H,8-9,17H2,1-5H3. The highest BCUT2D eigenvalue weighted by atomic mass is 16.2. The third-order valence-corrected chi connectivity index (χ3v) is 4.10. The van der Waals surface area contributed by atoms with Crippen LogP contribution in [0, 0.1) is 6.92 Å². The summed E-state index contributed by atoms with van der Waals surface area (Å²) in [5.41, 5.74) is 3.33. The van der Waals surface area contributed by atoms with Gasteiger partial charge in [-0.05, 0) is 41.9 Å². The molecule has 0 heterocycles. The maximum Gasteiger partial charge on any atom is 0.246 e. The topological polar surface area (TPSA) is 46.3 Å². The summed E-state index contributed by atoms with van der Waals surface area (Å²) in [7, 11) is 1.63. The first kappa shape index (κ1) is 14.1. The number of nitrogens with zero attached hydrogens (tertiary/aromatic N) is 1. The van der Waals surface area contributed by atoms with Crippen LogP contribution in [0.3, 0.4) is 0 Å². The van der Waals surface area contributed by atoms with Gasteiger partial charge in [-0.15, -0.1) is 0 Å². The molecule has 0 bridgehead atoms. The lowest BCUT2D eigenvalue weighted by molar-refractivity contribution is -0.132. The van der Waals surface area contributed by atoms with Crippen LogP contribution in [0.1, 0.15) is 50.3 Å². The summed E-state index contributed by atoms with van der Waals surface area (Å²) in [6.07, 6.45) is 1.81. The van der Waals surface area contributed by atoms with Crippen LogP contribution in [0.5, 0.6) is 0 Å². The zero-order valence-corrected chi connectivity index (χ0v) is 12.6. The highest BCUT2D eigenvalue weighted by molar-refractivity contribution is 5.91. The second kappa shape index (κ2) is 4.34. The molecule has 0 aromatic heterocycles. The van der Waals surface area contributed by atoms with Crippen molar-refractivity contribution in [2.24, 2.45) is 5.84 Å². The molecule has 1 aromatic rings. The number of nitrogens with two attached hydrogens (primary N) is 1. The van der Waals surface area contributed by atoms with Crippen LogP contribution in [0.15, 0.2) is 18.2 Å². The number of hydrogen-bond donors (Lipinski definition) is 1. The van der Waals surface area contributed by atoms with Gasteiger partial charge in [0.05, 0.1) is 5.41 Å². The molecule has 2 rings (SSSR count). The minimum atomic E-state index is -0.366. The van der Waals surface area contributed by atoms with Crippen molar-refractivity contribution < 1.29 is 4.79 Å². The lowest BCUT2D eigenvalue weighted by Gasteiger charge is -2.25. The molecule has 0 spiro atoms. The molecule has 19 heavy (non-hydrogen) atoms. The zero-order valence-electron chi connectivity index (χ0n) is 12.6. The average Bonchev–Trinajstić information content (AvgIpc) is 3.08. The first-order valence-electron chi connectivity index (χ1n) is 6.83. The summed E-state index contributed by atoms with van der Waals surface area (Å²) in [6, 6.07) is 6.48. The first-order chi connectivity index (χ1) is 8.68. The number of carbonyl (C=O) groups is 1. The van der Waals surface area contributed by atoms with Crippen molar-refractivity contribution in [3.05, 3.63) is 34.9 Å². The molecule has 0 unspecified atom stereocenters. The lowest BCUT2D eigenvalue weighted by Crippen LogP contribution is -2.41. The summed E-state index contributed by atoms with van der Waals surface area (Å²) >= 11 is 0. The predicted octanol–water partition coefficient (Wildman–Crippen LogP) is 2.66. The van der Waals surface area contributed by atoms with E-state index in [1.807, 2.05) is 0 Å². The number of amides is 1. The van der Waals surface area contributed by atoms with Crippen LogP contribution < -0.4 is 5.84 Å². The Balaban J connectivity index is 2.48. The third-order valence-electron chi connectivity index (χ3n) is 4.10. The second-order valence-corrected chi connectivity index (χ2v) is 6.78. The summed E-state index contributed by atoms with van der Waals surface area (Å²) < 4.78 is 0. The van der Waals surface area contributed by atoms with Gasteiger partial charge in [0.2, 0.25) is 5.91 Å². The predicted molar refractivity (Wildman–Crippen MR) is 77.7 cm³/mol. The fourth-order valence-corrected chi connectivity index (χ4v) is 2.67. The Hall–Kier alpha value is -1.35. The maximum absolute atomic E-state index is 12.3.